The van der Waals surface area contributed by atoms with Crippen molar-refractivity contribution in [3.05, 3.63) is 90.0 Å². The van der Waals surface area contributed by atoms with E-state index in [4.69, 9.17) is 9.84 Å². The Hall–Kier alpha value is -3.95. The zero-order valence-electron chi connectivity index (χ0n) is 18.3. The van der Waals surface area contributed by atoms with Crippen molar-refractivity contribution in [2.45, 2.75) is 12.3 Å². The van der Waals surface area contributed by atoms with E-state index >= 15 is 0 Å². The largest absolute Gasteiger partial charge is 0.491 e. The van der Waals surface area contributed by atoms with Crippen molar-refractivity contribution < 1.29 is 32.9 Å². The summed E-state index contributed by atoms with van der Waals surface area (Å²) in [6.07, 6.45) is -5.51. The molecular weight excluding hydrogens is 461 g/mol. The number of aliphatic hydroxyl groups excluding tert-OH is 2. The van der Waals surface area contributed by atoms with Gasteiger partial charge in [0.1, 0.15) is 18.5 Å². The third-order valence-corrected chi connectivity index (χ3v) is 5.20. The fourth-order valence-electron chi connectivity index (χ4n) is 3.45. The number of pyridine rings is 1. The molecule has 0 saturated heterocycles. The third kappa shape index (κ3) is 5.76. The molecule has 0 radical (unpaired) electrons. The maximum absolute atomic E-state index is 13.1. The van der Waals surface area contributed by atoms with Gasteiger partial charge in [0.15, 0.2) is 0 Å². The highest BCUT2D eigenvalue weighted by Crippen LogP contribution is 2.32. The van der Waals surface area contributed by atoms with E-state index in [0.717, 1.165) is 12.1 Å². The maximum Gasteiger partial charge on any atom is 0.416 e. The molecule has 0 spiro atoms. The van der Waals surface area contributed by atoms with Crippen LogP contribution in [-0.2, 0) is 6.18 Å². The van der Waals surface area contributed by atoms with Crippen LogP contribution < -0.4 is 10.1 Å². The van der Waals surface area contributed by atoms with Crippen molar-refractivity contribution in [3.63, 3.8) is 0 Å². The minimum absolute atomic E-state index is 0.112. The Balaban J connectivity index is 1.62. The number of rotatable bonds is 7. The van der Waals surface area contributed by atoms with Gasteiger partial charge in [0, 0.05) is 22.7 Å². The Bertz CT molecular complexity index is 1360. The molecule has 0 aliphatic rings. The van der Waals surface area contributed by atoms with Gasteiger partial charge in [-0.3, -0.25) is 4.79 Å². The molecule has 0 unspecified atom stereocenters. The second kappa shape index (κ2) is 10.1. The number of hydrogen-bond donors (Lipinski definition) is 3. The number of fused-ring (bicyclic) bond motifs is 1. The number of halogens is 3. The first-order chi connectivity index (χ1) is 16.7. The van der Waals surface area contributed by atoms with Gasteiger partial charge in [-0.1, -0.05) is 36.4 Å². The molecule has 3 aromatic carbocycles. The van der Waals surface area contributed by atoms with E-state index in [0.29, 0.717) is 28.0 Å². The van der Waals surface area contributed by atoms with Gasteiger partial charge in [-0.2, -0.15) is 13.2 Å². The molecule has 0 aliphatic carbocycles. The van der Waals surface area contributed by atoms with Gasteiger partial charge in [0.2, 0.25) is 0 Å². The van der Waals surface area contributed by atoms with Gasteiger partial charge < -0.3 is 20.3 Å². The monoisotopic (exact) mass is 482 g/mol. The van der Waals surface area contributed by atoms with Crippen LogP contribution in [-0.4, -0.2) is 40.4 Å². The molecule has 1 aromatic heterocycles. The lowest BCUT2D eigenvalue weighted by molar-refractivity contribution is -0.137. The minimum atomic E-state index is -4.48. The zero-order valence-corrected chi connectivity index (χ0v) is 18.3. The van der Waals surface area contributed by atoms with Crippen molar-refractivity contribution >= 4 is 22.5 Å². The Morgan fingerprint density at radius 3 is 2.54 bits per heavy atom. The van der Waals surface area contributed by atoms with Crippen LogP contribution in [0.3, 0.4) is 0 Å². The number of amides is 1. The van der Waals surface area contributed by atoms with Crippen LogP contribution in [0.25, 0.3) is 22.2 Å². The molecule has 6 nitrogen and oxygen atoms in total. The summed E-state index contributed by atoms with van der Waals surface area (Å²) >= 11 is 0. The summed E-state index contributed by atoms with van der Waals surface area (Å²) in [7, 11) is 0. The first-order valence-electron chi connectivity index (χ1n) is 10.6. The molecule has 0 fully saturated rings. The summed E-state index contributed by atoms with van der Waals surface area (Å²) < 4.78 is 44.8. The van der Waals surface area contributed by atoms with Crippen molar-refractivity contribution in [2.24, 2.45) is 0 Å². The average Bonchev–Trinajstić information content (AvgIpc) is 2.86. The quantitative estimate of drug-likeness (QED) is 0.348. The molecule has 0 bridgehead atoms. The second-order valence-corrected chi connectivity index (χ2v) is 7.78. The Labute approximate surface area is 198 Å². The zero-order chi connectivity index (χ0) is 25.0. The highest BCUT2D eigenvalue weighted by Gasteiger charge is 2.30. The van der Waals surface area contributed by atoms with Gasteiger partial charge in [-0.15, -0.1) is 0 Å². The molecule has 35 heavy (non-hydrogen) atoms. The van der Waals surface area contributed by atoms with E-state index < -0.39 is 30.4 Å². The van der Waals surface area contributed by atoms with Crippen molar-refractivity contribution in [2.75, 3.05) is 18.5 Å². The summed E-state index contributed by atoms with van der Waals surface area (Å²) in [6, 6.07) is 19.7. The number of carbonyl (C=O) groups is 1. The molecule has 3 N–H and O–H groups in total. The molecule has 9 heteroatoms. The second-order valence-electron chi connectivity index (χ2n) is 7.78. The summed E-state index contributed by atoms with van der Waals surface area (Å²) in [5.41, 5.74) is 0.832. The van der Waals surface area contributed by atoms with E-state index in [1.165, 1.54) is 12.1 Å². The molecular formula is C26H21F3N2O4. The predicted octanol–water partition coefficient (Wildman–Crippen LogP) is 4.90. The van der Waals surface area contributed by atoms with Gasteiger partial charge in [-0.25, -0.2) is 4.98 Å². The number of hydrogen-bond acceptors (Lipinski definition) is 5. The number of alkyl halides is 3. The molecule has 4 aromatic rings. The molecule has 0 saturated carbocycles. The van der Waals surface area contributed by atoms with Gasteiger partial charge in [-0.05, 0) is 36.4 Å². The molecule has 1 atom stereocenters. The van der Waals surface area contributed by atoms with E-state index in [-0.39, 0.29) is 17.7 Å². The summed E-state index contributed by atoms with van der Waals surface area (Å²) in [5, 5.41) is 21.7. The third-order valence-electron chi connectivity index (χ3n) is 5.20. The topological polar surface area (TPSA) is 91.7 Å². The van der Waals surface area contributed by atoms with Crippen LogP contribution in [0.5, 0.6) is 5.75 Å². The first-order valence-corrected chi connectivity index (χ1v) is 10.6. The summed E-state index contributed by atoms with van der Waals surface area (Å²) in [4.78, 5) is 17.6. The number of nitrogens with one attached hydrogen (secondary N) is 1. The van der Waals surface area contributed by atoms with E-state index in [9.17, 15) is 23.1 Å². The molecule has 1 heterocycles. The maximum atomic E-state index is 13.1. The van der Waals surface area contributed by atoms with Crippen LogP contribution in [0.2, 0.25) is 0 Å². The van der Waals surface area contributed by atoms with Crippen LogP contribution in [0.4, 0.5) is 18.9 Å². The number of anilines is 1. The van der Waals surface area contributed by atoms with E-state index in [1.807, 2.05) is 0 Å². The molecule has 4 rings (SSSR count). The number of benzene rings is 3. The summed E-state index contributed by atoms with van der Waals surface area (Å²) in [6.45, 7) is -0.549. The van der Waals surface area contributed by atoms with Crippen molar-refractivity contribution in [1.82, 2.24) is 4.98 Å². The number of nitrogens with zero attached hydrogens (tertiary/aromatic N) is 1. The average molecular weight is 482 g/mol. The van der Waals surface area contributed by atoms with Crippen molar-refractivity contribution in [3.8, 4) is 17.0 Å². The normalized spacial score (nSPS) is 12.4. The first kappa shape index (κ1) is 24.2. The summed E-state index contributed by atoms with van der Waals surface area (Å²) in [5.74, 6) is -0.0741. The Morgan fingerprint density at radius 1 is 1.00 bits per heavy atom. The standard InChI is InChI=1S/C26H21F3N2O4/c27-26(28,29)18-6-1-5-17(12-18)23-11-10-16-4-2-9-22(24(16)31-23)25(34)30-19-7-3-8-21(13-19)35-15-20(33)14-32/h1-13,20,32-33H,14-15H2,(H,30,34)/t20-/m1/s1. The fourth-order valence-corrected chi connectivity index (χ4v) is 3.45. The Morgan fingerprint density at radius 2 is 1.77 bits per heavy atom. The highest BCUT2D eigenvalue weighted by atomic mass is 19.4. The lowest BCUT2D eigenvalue weighted by Gasteiger charge is -2.12. The molecule has 180 valence electrons. The van der Waals surface area contributed by atoms with Crippen molar-refractivity contribution in [1.29, 1.82) is 0 Å². The van der Waals surface area contributed by atoms with E-state index in [2.05, 4.69) is 10.3 Å². The van der Waals surface area contributed by atoms with Crippen LogP contribution in [0, 0.1) is 0 Å². The van der Waals surface area contributed by atoms with Gasteiger partial charge in [0.05, 0.1) is 28.9 Å². The lowest BCUT2D eigenvalue weighted by Crippen LogP contribution is -2.21. The number of carbonyl (C=O) groups excluding carboxylic acids is 1. The number of ether oxygens (including phenoxy) is 1. The smallest absolute Gasteiger partial charge is 0.416 e. The lowest BCUT2D eigenvalue weighted by atomic mass is 10.0. The Kier molecular flexibility index (Phi) is 6.99. The highest BCUT2D eigenvalue weighted by molar-refractivity contribution is 6.12. The molecule has 1 amide bonds. The SMILES string of the molecule is O=C(Nc1cccc(OC[C@H](O)CO)c1)c1cccc2ccc(-c3cccc(C(F)(F)F)c3)nc12. The number of aromatic nitrogens is 1. The van der Waals surface area contributed by atoms with Gasteiger partial charge >= 0.3 is 6.18 Å². The number of para-hydroxylation sites is 1. The van der Waals surface area contributed by atoms with Crippen LogP contribution in [0.15, 0.2) is 78.9 Å². The number of aliphatic hydroxyl groups is 2. The van der Waals surface area contributed by atoms with E-state index in [1.54, 1.807) is 54.6 Å². The fraction of sp³-hybridized carbons (Fsp3) is 0.154. The van der Waals surface area contributed by atoms with Crippen LogP contribution in [0.1, 0.15) is 15.9 Å². The van der Waals surface area contributed by atoms with Crippen LogP contribution >= 0.6 is 0 Å². The minimum Gasteiger partial charge on any atom is -0.491 e. The molecule has 0 aliphatic heterocycles. The van der Waals surface area contributed by atoms with Gasteiger partial charge in [0.25, 0.3) is 5.91 Å². The predicted molar refractivity (Wildman–Crippen MR) is 125 cm³/mol.